The van der Waals surface area contributed by atoms with Crippen LogP contribution in [0, 0.1) is 19.8 Å². The zero-order chi connectivity index (χ0) is 18.1. The molecule has 1 aliphatic heterocycles. The molecule has 1 amide bonds. The van der Waals surface area contributed by atoms with Crippen LogP contribution in [0.25, 0.3) is 11.0 Å². The molecule has 134 valence electrons. The van der Waals surface area contributed by atoms with Crippen molar-refractivity contribution < 1.29 is 4.79 Å². The molecule has 2 aromatic heterocycles. The van der Waals surface area contributed by atoms with E-state index in [0.29, 0.717) is 11.6 Å². The monoisotopic (exact) mass is 349 g/mol. The summed E-state index contributed by atoms with van der Waals surface area (Å²) in [4.78, 5) is 27.5. The Kier molecular flexibility index (Phi) is 4.41. The Morgan fingerprint density at radius 3 is 2.62 bits per heavy atom. The minimum Gasteiger partial charge on any atom is -0.337 e. The van der Waals surface area contributed by atoms with Crippen molar-refractivity contribution in [3.05, 3.63) is 53.9 Å². The van der Waals surface area contributed by atoms with E-state index in [1.807, 2.05) is 17.9 Å². The summed E-state index contributed by atoms with van der Waals surface area (Å²) in [5.41, 5.74) is 3.50. The lowest BCUT2D eigenvalue weighted by Crippen LogP contribution is -2.39. The van der Waals surface area contributed by atoms with E-state index in [1.165, 1.54) is 5.52 Å². The second-order valence-electron chi connectivity index (χ2n) is 7.04. The van der Waals surface area contributed by atoms with Crippen LogP contribution in [0.1, 0.15) is 34.8 Å². The summed E-state index contributed by atoms with van der Waals surface area (Å²) in [5.74, 6) is 1.60. The summed E-state index contributed by atoms with van der Waals surface area (Å²) < 4.78 is 2.31. The maximum absolute atomic E-state index is 12.6. The van der Waals surface area contributed by atoms with E-state index in [1.54, 1.807) is 12.4 Å². The number of carbonyl (C=O) groups excluding carboxylic acids is 1. The highest BCUT2D eigenvalue weighted by atomic mass is 16.2. The summed E-state index contributed by atoms with van der Waals surface area (Å²) in [7, 11) is 0. The molecule has 3 aromatic rings. The number of para-hydroxylation sites is 2. The summed E-state index contributed by atoms with van der Waals surface area (Å²) in [5, 5.41) is 0. The van der Waals surface area contributed by atoms with E-state index in [-0.39, 0.29) is 5.91 Å². The lowest BCUT2D eigenvalue weighted by molar-refractivity contribution is 0.0676. The lowest BCUT2D eigenvalue weighted by atomic mass is 9.96. The normalized spacial score (nSPS) is 15.5. The highest BCUT2D eigenvalue weighted by molar-refractivity contribution is 5.92. The smallest absolute Gasteiger partial charge is 0.274 e. The van der Waals surface area contributed by atoms with Gasteiger partial charge in [-0.3, -0.25) is 9.78 Å². The van der Waals surface area contributed by atoms with Crippen LogP contribution in [0.15, 0.2) is 36.7 Å². The van der Waals surface area contributed by atoms with Gasteiger partial charge in [0.1, 0.15) is 11.5 Å². The predicted octanol–water partition coefficient (Wildman–Crippen LogP) is 3.00. The van der Waals surface area contributed by atoms with Crippen LogP contribution in [-0.2, 0) is 6.54 Å². The molecule has 0 saturated carbocycles. The quantitative estimate of drug-likeness (QED) is 0.729. The van der Waals surface area contributed by atoms with Crippen molar-refractivity contribution in [3.63, 3.8) is 0 Å². The van der Waals surface area contributed by atoms with Gasteiger partial charge in [0.15, 0.2) is 0 Å². The van der Waals surface area contributed by atoms with Crippen LogP contribution >= 0.6 is 0 Å². The number of amides is 1. The molecule has 0 spiro atoms. The number of carbonyl (C=O) groups is 1. The zero-order valence-electron chi connectivity index (χ0n) is 15.2. The van der Waals surface area contributed by atoms with Crippen molar-refractivity contribution in [2.45, 2.75) is 33.2 Å². The number of piperidine rings is 1. The Labute approximate surface area is 152 Å². The van der Waals surface area contributed by atoms with Gasteiger partial charge in [0.2, 0.25) is 0 Å². The minimum atomic E-state index is -0.0137. The fraction of sp³-hybridized carbons (Fsp3) is 0.400. The molecular weight excluding hydrogens is 326 g/mol. The molecule has 26 heavy (non-hydrogen) atoms. The first kappa shape index (κ1) is 16.7. The maximum Gasteiger partial charge on any atom is 0.274 e. The Hall–Kier alpha value is -2.76. The maximum atomic E-state index is 12.6. The number of hydrogen-bond donors (Lipinski definition) is 0. The molecule has 0 atom stereocenters. The van der Waals surface area contributed by atoms with E-state index in [4.69, 9.17) is 0 Å². The molecule has 1 aliphatic rings. The first-order chi connectivity index (χ1) is 12.6. The topological polar surface area (TPSA) is 63.9 Å². The highest BCUT2D eigenvalue weighted by Gasteiger charge is 2.25. The van der Waals surface area contributed by atoms with Crippen molar-refractivity contribution in [1.82, 2.24) is 24.4 Å². The summed E-state index contributed by atoms with van der Waals surface area (Å²) >= 11 is 0. The van der Waals surface area contributed by atoms with Crippen LogP contribution in [-0.4, -0.2) is 43.4 Å². The Morgan fingerprint density at radius 2 is 1.88 bits per heavy atom. The van der Waals surface area contributed by atoms with Gasteiger partial charge in [0, 0.05) is 25.8 Å². The van der Waals surface area contributed by atoms with Crippen molar-refractivity contribution in [3.8, 4) is 0 Å². The highest BCUT2D eigenvalue weighted by Crippen LogP contribution is 2.24. The molecule has 0 bridgehead atoms. The first-order valence-corrected chi connectivity index (χ1v) is 9.11. The van der Waals surface area contributed by atoms with Crippen LogP contribution in [0.5, 0.6) is 0 Å². The lowest BCUT2D eigenvalue weighted by Gasteiger charge is -2.32. The molecule has 3 heterocycles. The number of benzene rings is 1. The van der Waals surface area contributed by atoms with E-state index < -0.39 is 0 Å². The van der Waals surface area contributed by atoms with E-state index in [2.05, 4.69) is 44.6 Å². The van der Waals surface area contributed by atoms with Gasteiger partial charge in [-0.1, -0.05) is 12.1 Å². The fourth-order valence-electron chi connectivity index (χ4n) is 3.67. The van der Waals surface area contributed by atoms with Gasteiger partial charge < -0.3 is 9.47 Å². The third-order valence-electron chi connectivity index (χ3n) is 5.19. The van der Waals surface area contributed by atoms with Crippen LogP contribution in [0.3, 0.4) is 0 Å². The Bertz CT molecular complexity index is 923. The number of likely N-dealkylation sites (tertiary alicyclic amines) is 1. The number of aromatic nitrogens is 4. The Balaban J connectivity index is 1.41. The molecule has 0 aliphatic carbocycles. The number of fused-ring (bicyclic) bond motifs is 1. The SMILES string of the molecule is Cc1cnc(C(=O)N2CCC(Cn3c(C)nc4ccccc43)CC2)cn1. The predicted molar refractivity (Wildman–Crippen MR) is 99.9 cm³/mol. The average molecular weight is 349 g/mol. The molecule has 4 rings (SSSR count). The molecule has 0 unspecified atom stereocenters. The van der Waals surface area contributed by atoms with E-state index in [0.717, 1.165) is 49.5 Å². The molecule has 1 fully saturated rings. The fourth-order valence-corrected chi connectivity index (χ4v) is 3.67. The van der Waals surface area contributed by atoms with Gasteiger partial charge in [0.05, 0.1) is 22.9 Å². The van der Waals surface area contributed by atoms with Crippen LogP contribution in [0.2, 0.25) is 0 Å². The number of nitrogens with zero attached hydrogens (tertiary/aromatic N) is 5. The molecule has 6 heteroatoms. The average Bonchev–Trinajstić information content (AvgIpc) is 2.98. The van der Waals surface area contributed by atoms with Gasteiger partial charge >= 0.3 is 0 Å². The van der Waals surface area contributed by atoms with Crippen molar-refractivity contribution in [1.29, 1.82) is 0 Å². The number of imidazole rings is 1. The Morgan fingerprint density at radius 1 is 1.12 bits per heavy atom. The van der Waals surface area contributed by atoms with Gasteiger partial charge in [-0.15, -0.1) is 0 Å². The molecule has 0 radical (unpaired) electrons. The summed E-state index contributed by atoms with van der Waals surface area (Å²) in [6.45, 7) is 6.43. The summed E-state index contributed by atoms with van der Waals surface area (Å²) in [6.07, 6.45) is 5.21. The second-order valence-corrected chi connectivity index (χ2v) is 7.04. The molecule has 6 nitrogen and oxygen atoms in total. The zero-order valence-corrected chi connectivity index (χ0v) is 15.2. The first-order valence-electron chi connectivity index (χ1n) is 9.11. The minimum absolute atomic E-state index is 0.0137. The van der Waals surface area contributed by atoms with E-state index in [9.17, 15) is 4.79 Å². The molecule has 0 N–H and O–H groups in total. The van der Waals surface area contributed by atoms with Crippen molar-refractivity contribution in [2.24, 2.45) is 5.92 Å². The van der Waals surface area contributed by atoms with Gasteiger partial charge in [-0.05, 0) is 44.7 Å². The second kappa shape index (κ2) is 6.86. The third-order valence-corrected chi connectivity index (χ3v) is 5.19. The van der Waals surface area contributed by atoms with Crippen molar-refractivity contribution in [2.75, 3.05) is 13.1 Å². The van der Waals surface area contributed by atoms with Gasteiger partial charge in [0.25, 0.3) is 5.91 Å². The van der Waals surface area contributed by atoms with Gasteiger partial charge in [-0.25, -0.2) is 9.97 Å². The molecule has 1 saturated heterocycles. The standard InChI is InChI=1S/C20H23N5O/c1-14-11-22-18(12-21-14)20(26)24-9-7-16(8-10-24)13-25-15(2)23-17-5-3-4-6-19(17)25/h3-6,11-12,16H,7-10,13H2,1-2H3. The van der Waals surface area contributed by atoms with Gasteiger partial charge in [-0.2, -0.15) is 0 Å². The number of hydrogen-bond acceptors (Lipinski definition) is 4. The molecule has 1 aromatic carbocycles. The number of rotatable bonds is 3. The summed E-state index contributed by atoms with van der Waals surface area (Å²) in [6, 6.07) is 8.27. The number of aryl methyl sites for hydroxylation is 2. The van der Waals surface area contributed by atoms with E-state index >= 15 is 0 Å². The third kappa shape index (κ3) is 3.19. The van der Waals surface area contributed by atoms with Crippen LogP contribution in [0.4, 0.5) is 0 Å². The molecular formula is C20H23N5O. The van der Waals surface area contributed by atoms with Crippen LogP contribution < -0.4 is 0 Å². The largest absolute Gasteiger partial charge is 0.337 e. The van der Waals surface area contributed by atoms with Crippen molar-refractivity contribution >= 4 is 16.9 Å².